The molecule has 0 saturated heterocycles. The average Bonchev–Trinajstić information content (AvgIpc) is 3.40. The first-order valence-electron chi connectivity index (χ1n) is 11.2. The van der Waals surface area contributed by atoms with Gasteiger partial charge in [0.05, 0.1) is 12.2 Å². The minimum Gasteiger partial charge on any atom is -0.290 e. The first-order chi connectivity index (χ1) is 15.8. The number of tetrazole rings is 1. The molecule has 33 heavy (non-hydrogen) atoms. The third-order valence-corrected chi connectivity index (χ3v) is 6.13. The van der Waals surface area contributed by atoms with E-state index >= 15 is 0 Å². The fraction of sp³-hybridized carbons (Fsp3) is 0.360. The summed E-state index contributed by atoms with van der Waals surface area (Å²) in [6.45, 7) is 8.63. The Labute approximate surface area is 198 Å². The third kappa shape index (κ3) is 4.64. The minimum atomic E-state index is -0.386. The molecule has 2 heterocycles. The molecule has 0 amide bonds. The van der Waals surface area contributed by atoms with Gasteiger partial charge in [0, 0.05) is 11.1 Å². The van der Waals surface area contributed by atoms with Crippen molar-refractivity contribution in [1.29, 1.82) is 0 Å². The van der Waals surface area contributed by atoms with E-state index in [9.17, 15) is 4.79 Å². The summed E-state index contributed by atoms with van der Waals surface area (Å²) in [7, 11) is 0. The first-order valence-corrected chi connectivity index (χ1v) is 11.6. The number of H-pyrrole nitrogens is 1. The molecule has 0 unspecified atom stereocenters. The maximum atomic E-state index is 13.3. The Kier molecular flexibility index (Phi) is 6.51. The maximum absolute atomic E-state index is 13.3. The number of nitrogens with zero attached hydrogens (tertiary/aromatic N) is 5. The molecular formula is C25H29ClN6O. The van der Waals surface area contributed by atoms with Crippen molar-refractivity contribution >= 4 is 11.6 Å². The summed E-state index contributed by atoms with van der Waals surface area (Å²) in [5.41, 5.74) is 4.47. The zero-order valence-corrected chi connectivity index (χ0v) is 20.2. The summed E-state index contributed by atoms with van der Waals surface area (Å²) in [5, 5.41) is 15.0. The summed E-state index contributed by atoms with van der Waals surface area (Å²) in [6.07, 6.45) is 2.81. The number of aromatic amines is 1. The number of hydrogen-bond acceptors (Lipinski definition) is 4. The molecule has 0 atom stereocenters. The van der Waals surface area contributed by atoms with E-state index in [1.54, 1.807) is 4.57 Å². The molecule has 8 heteroatoms. The molecule has 2 aromatic heterocycles. The van der Waals surface area contributed by atoms with Crippen molar-refractivity contribution in [3.8, 4) is 22.5 Å². The van der Waals surface area contributed by atoms with Gasteiger partial charge in [0.2, 0.25) is 5.82 Å². The number of hydrogen-bond donors (Lipinski definition) is 1. The van der Waals surface area contributed by atoms with Gasteiger partial charge < -0.3 is 0 Å². The molecule has 4 rings (SSSR count). The fourth-order valence-electron chi connectivity index (χ4n) is 4.07. The molecule has 2 aromatic carbocycles. The standard InChI is InChI=1S/C25H29ClN6O/c1-5-6-11-21-22(26)32(25(2,3)4)24(33)31(21)16-17-12-14-18(15-13-17)19-9-7-8-10-20(19)23-27-29-30-28-23/h7-10,12-15H,5-6,11,16H2,1-4H3,(H,27,28,29,30). The number of unbranched alkanes of at least 4 members (excludes halogenated alkanes) is 1. The number of rotatable bonds is 7. The quantitative estimate of drug-likeness (QED) is 0.402. The van der Waals surface area contributed by atoms with Crippen LogP contribution in [0.25, 0.3) is 22.5 Å². The van der Waals surface area contributed by atoms with E-state index in [1.807, 2.05) is 49.6 Å². The lowest BCUT2D eigenvalue weighted by Gasteiger charge is -2.20. The number of imidazole rings is 1. The number of benzene rings is 2. The fourth-order valence-corrected chi connectivity index (χ4v) is 4.59. The van der Waals surface area contributed by atoms with Gasteiger partial charge >= 0.3 is 5.69 Å². The Balaban J connectivity index is 1.68. The molecule has 0 radical (unpaired) electrons. The summed E-state index contributed by atoms with van der Waals surface area (Å²) in [6, 6.07) is 16.2. The normalized spacial score (nSPS) is 11.8. The Morgan fingerprint density at radius 1 is 1.03 bits per heavy atom. The van der Waals surface area contributed by atoms with Crippen LogP contribution in [-0.2, 0) is 18.5 Å². The second-order valence-electron chi connectivity index (χ2n) is 9.19. The van der Waals surface area contributed by atoms with Crippen LogP contribution in [0.2, 0.25) is 5.15 Å². The number of halogens is 1. The van der Waals surface area contributed by atoms with E-state index < -0.39 is 0 Å². The van der Waals surface area contributed by atoms with Crippen LogP contribution in [0.5, 0.6) is 0 Å². The van der Waals surface area contributed by atoms with Gasteiger partial charge in [-0.05, 0) is 55.5 Å². The van der Waals surface area contributed by atoms with E-state index in [0.29, 0.717) is 17.5 Å². The lowest BCUT2D eigenvalue weighted by molar-refractivity contribution is 0.380. The van der Waals surface area contributed by atoms with Crippen molar-refractivity contribution in [2.24, 2.45) is 0 Å². The van der Waals surface area contributed by atoms with Crippen LogP contribution in [0.3, 0.4) is 0 Å². The smallest absolute Gasteiger partial charge is 0.290 e. The average molecular weight is 465 g/mol. The molecule has 0 aliphatic carbocycles. The van der Waals surface area contributed by atoms with Crippen LogP contribution in [-0.4, -0.2) is 29.8 Å². The molecule has 0 saturated carbocycles. The summed E-state index contributed by atoms with van der Waals surface area (Å²) >= 11 is 6.72. The SMILES string of the molecule is CCCCc1c(Cl)n(C(C)(C)C)c(=O)n1Cc1ccc(-c2ccccc2-c2nn[nH]n2)cc1. The van der Waals surface area contributed by atoms with Crippen LogP contribution in [0.1, 0.15) is 51.8 Å². The Bertz CT molecular complexity index is 1280. The highest BCUT2D eigenvalue weighted by atomic mass is 35.5. The van der Waals surface area contributed by atoms with Crippen molar-refractivity contribution in [1.82, 2.24) is 29.8 Å². The Hall–Kier alpha value is -3.19. The first kappa shape index (κ1) is 23.0. The van der Waals surface area contributed by atoms with E-state index in [4.69, 9.17) is 11.6 Å². The number of aromatic nitrogens is 6. The molecule has 172 valence electrons. The lowest BCUT2D eigenvalue weighted by Crippen LogP contribution is -2.35. The predicted molar refractivity (Wildman–Crippen MR) is 131 cm³/mol. The summed E-state index contributed by atoms with van der Waals surface area (Å²) in [4.78, 5) is 13.3. The molecule has 4 aromatic rings. The highest BCUT2D eigenvalue weighted by Gasteiger charge is 2.25. The topological polar surface area (TPSA) is 81.4 Å². The minimum absolute atomic E-state index is 0.0647. The van der Waals surface area contributed by atoms with Crippen LogP contribution >= 0.6 is 11.6 Å². The van der Waals surface area contributed by atoms with Crippen molar-refractivity contribution in [3.63, 3.8) is 0 Å². The van der Waals surface area contributed by atoms with E-state index in [2.05, 4.69) is 51.8 Å². The summed E-state index contributed by atoms with van der Waals surface area (Å²) < 4.78 is 3.53. The Morgan fingerprint density at radius 2 is 1.73 bits per heavy atom. The second-order valence-corrected chi connectivity index (χ2v) is 9.55. The molecule has 0 aliphatic heterocycles. The lowest BCUT2D eigenvalue weighted by atomic mass is 9.98. The van der Waals surface area contributed by atoms with Crippen molar-refractivity contribution in [2.45, 2.75) is 59.0 Å². The highest BCUT2D eigenvalue weighted by molar-refractivity contribution is 6.30. The van der Waals surface area contributed by atoms with Crippen molar-refractivity contribution in [2.75, 3.05) is 0 Å². The second kappa shape index (κ2) is 9.35. The zero-order chi connectivity index (χ0) is 23.6. The molecule has 0 aliphatic rings. The van der Waals surface area contributed by atoms with Crippen LogP contribution in [0.4, 0.5) is 0 Å². The largest absolute Gasteiger partial charge is 0.330 e. The van der Waals surface area contributed by atoms with Gasteiger partial charge in [-0.2, -0.15) is 5.21 Å². The van der Waals surface area contributed by atoms with E-state index in [0.717, 1.165) is 47.2 Å². The van der Waals surface area contributed by atoms with Crippen molar-refractivity contribution in [3.05, 3.63) is 75.4 Å². The van der Waals surface area contributed by atoms with Gasteiger partial charge in [-0.15, -0.1) is 10.2 Å². The molecule has 1 N–H and O–H groups in total. The third-order valence-electron chi connectivity index (χ3n) is 5.74. The van der Waals surface area contributed by atoms with Crippen LogP contribution < -0.4 is 5.69 Å². The van der Waals surface area contributed by atoms with Crippen LogP contribution in [0.15, 0.2) is 53.3 Å². The van der Waals surface area contributed by atoms with E-state index in [-0.39, 0.29) is 11.2 Å². The van der Waals surface area contributed by atoms with Gasteiger partial charge in [0.25, 0.3) is 0 Å². The Morgan fingerprint density at radius 3 is 2.33 bits per heavy atom. The molecular weight excluding hydrogens is 436 g/mol. The van der Waals surface area contributed by atoms with Gasteiger partial charge in [0.15, 0.2) is 0 Å². The molecule has 7 nitrogen and oxygen atoms in total. The molecule has 0 bridgehead atoms. The zero-order valence-electron chi connectivity index (χ0n) is 19.5. The van der Waals surface area contributed by atoms with Gasteiger partial charge in [-0.25, -0.2) is 4.79 Å². The van der Waals surface area contributed by atoms with E-state index in [1.165, 1.54) is 0 Å². The van der Waals surface area contributed by atoms with Gasteiger partial charge in [0.1, 0.15) is 5.15 Å². The van der Waals surface area contributed by atoms with Gasteiger partial charge in [-0.1, -0.05) is 73.5 Å². The van der Waals surface area contributed by atoms with Crippen LogP contribution in [0, 0.1) is 0 Å². The molecule has 0 fully saturated rings. The molecule has 0 spiro atoms. The number of nitrogens with one attached hydrogen (secondary N) is 1. The van der Waals surface area contributed by atoms with Crippen molar-refractivity contribution < 1.29 is 0 Å². The highest BCUT2D eigenvalue weighted by Crippen LogP contribution is 2.30. The maximum Gasteiger partial charge on any atom is 0.330 e. The predicted octanol–water partition coefficient (Wildman–Crippen LogP) is 5.30. The van der Waals surface area contributed by atoms with Gasteiger partial charge in [-0.3, -0.25) is 9.13 Å². The monoisotopic (exact) mass is 464 g/mol. The summed E-state index contributed by atoms with van der Waals surface area (Å²) in [5.74, 6) is 0.556.